The third-order valence-corrected chi connectivity index (χ3v) is 4.40. The smallest absolute Gasteiger partial charge is 0.122 e. The van der Waals surface area contributed by atoms with Crippen LogP contribution in [0.1, 0.15) is 33.2 Å². The molecule has 2 N–H and O–H groups in total. The molecular weight excluding hydrogens is 242 g/mol. The summed E-state index contributed by atoms with van der Waals surface area (Å²) in [4.78, 5) is 1.24. The molecule has 1 aromatic carbocycles. The second-order valence-electron chi connectivity index (χ2n) is 4.62. The Bertz CT molecular complexity index is 560. The van der Waals surface area contributed by atoms with E-state index in [-0.39, 0.29) is 6.04 Å². The van der Waals surface area contributed by atoms with Gasteiger partial charge in [-0.3, -0.25) is 0 Å². The Labute approximate surface area is 112 Å². The number of methoxy groups -OCH3 is 1. The molecule has 0 bridgehead atoms. The van der Waals surface area contributed by atoms with Gasteiger partial charge in [-0.05, 0) is 60.5 Å². The topological polar surface area (TPSA) is 35.2 Å². The van der Waals surface area contributed by atoms with E-state index in [4.69, 9.17) is 10.5 Å². The normalized spacial score (nSPS) is 12.5. The van der Waals surface area contributed by atoms with Crippen molar-refractivity contribution in [3.63, 3.8) is 0 Å². The summed E-state index contributed by atoms with van der Waals surface area (Å²) in [6.45, 7) is 6.24. The van der Waals surface area contributed by atoms with E-state index < -0.39 is 0 Å². The zero-order chi connectivity index (χ0) is 13.3. The van der Waals surface area contributed by atoms with Crippen molar-refractivity contribution in [2.75, 3.05) is 7.11 Å². The highest BCUT2D eigenvalue weighted by Gasteiger charge is 2.16. The maximum Gasteiger partial charge on any atom is 0.122 e. The Balaban J connectivity index is 2.46. The fraction of sp³-hybridized carbons (Fsp3) is 0.333. The van der Waals surface area contributed by atoms with Crippen LogP contribution in [0.5, 0.6) is 5.75 Å². The van der Waals surface area contributed by atoms with E-state index in [2.05, 4.69) is 44.4 Å². The fourth-order valence-corrected chi connectivity index (χ4v) is 3.16. The van der Waals surface area contributed by atoms with E-state index in [1.54, 1.807) is 18.4 Å². The highest BCUT2D eigenvalue weighted by Crippen LogP contribution is 2.32. The highest BCUT2D eigenvalue weighted by atomic mass is 32.1. The van der Waals surface area contributed by atoms with Crippen LogP contribution in [-0.2, 0) is 0 Å². The zero-order valence-corrected chi connectivity index (χ0v) is 12.1. The van der Waals surface area contributed by atoms with Gasteiger partial charge in [0.25, 0.3) is 0 Å². The van der Waals surface area contributed by atoms with Crippen molar-refractivity contribution in [3.05, 3.63) is 50.7 Å². The van der Waals surface area contributed by atoms with Gasteiger partial charge in [0.05, 0.1) is 13.2 Å². The Morgan fingerprint density at radius 1 is 1.11 bits per heavy atom. The highest BCUT2D eigenvalue weighted by molar-refractivity contribution is 7.10. The standard InChI is InChI=1S/C15H19NOS/c1-9-5-6-18-15(9)14(16)12-7-11(3)13(17-4)8-10(12)2/h5-8,14H,16H2,1-4H3. The van der Waals surface area contributed by atoms with Gasteiger partial charge in [0, 0.05) is 4.88 Å². The van der Waals surface area contributed by atoms with E-state index in [0.717, 1.165) is 11.3 Å². The summed E-state index contributed by atoms with van der Waals surface area (Å²) < 4.78 is 5.34. The van der Waals surface area contributed by atoms with Crippen molar-refractivity contribution in [2.24, 2.45) is 5.73 Å². The van der Waals surface area contributed by atoms with Gasteiger partial charge in [0.1, 0.15) is 5.75 Å². The first-order valence-corrected chi connectivity index (χ1v) is 6.87. The lowest BCUT2D eigenvalue weighted by Gasteiger charge is -2.17. The average Bonchev–Trinajstić information content (AvgIpc) is 2.77. The minimum atomic E-state index is -0.0467. The van der Waals surface area contributed by atoms with Crippen LogP contribution in [0.25, 0.3) is 0 Å². The van der Waals surface area contributed by atoms with E-state index in [1.165, 1.54) is 21.6 Å². The van der Waals surface area contributed by atoms with Crippen LogP contribution in [0.3, 0.4) is 0 Å². The second kappa shape index (κ2) is 5.12. The number of thiophene rings is 1. The van der Waals surface area contributed by atoms with E-state index in [0.29, 0.717) is 0 Å². The van der Waals surface area contributed by atoms with Gasteiger partial charge in [-0.25, -0.2) is 0 Å². The summed E-state index contributed by atoms with van der Waals surface area (Å²) in [6.07, 6.45) is 0. The van der Waals surface area contributed by atoms with Crippen molar-refractivity contribution in [1.82, 2.24) is 0 Å². The minimum absolute atomic E-state index is 0.0467. The van der Waals surface area contributed by atoms with Crippen LogP contribution in [0.2, 0.25) is 0 Å². The third kappa shape index (κ3) is 2.28. The molecule has 2 rings (SSSR count). The van der Waals surface area contributed by atoms with Crippen molar-refractivity contribution < 1.29 is 4.74 Å². The Morgan fingerprint density at radius 2 is 1.83 bits per heavy atom. The summed E-state index contributed by atoms with van der Waals surface area (Å²) in [5.74, 6) is 0.923. The van der Waals surface area contributed by atoms with Gasteiger partial charge in [0.15, 0.2) is 0 Å². The Hall–Kier alpha value is -1.32. The van der Waals surface area contributed by atoms with Gasteiger partial charge in [0.2, 0.25) is 0 Å². The van der Waals surface area contributed by atoms with Crippen molar-refractivity contribution in [2.45, 2.75) is 26.8 Å². The fourth-order valence-electron chi connectivity index (χ4n) is 2.21. The molecule has 0 radical (unpaired) electrons. The lowest BCUT2D eigenvalue weighted by atomic mass is 9.96. The monoisotopic (exact) mass is 261 g/mol. The largest absolute Gasteiger partial charge is 0.496 e. The van der Waals surface area contributed by atoms with Gasteiger partial charge in [-0.1, -0.05) is 6.07 Å². The van der Waals surface area contributed by atoms with Crippen LogP contribution >= 0.6 is 11.3 Å². The maximum atomic E-state index is 6.39. The molecule has 0 amide bonds. The molecule has 0 aliphatic heterocycles. The Kier molecular flexibility index (Phi) is 3.73. The first-order valence-electron chi connectivity index (χ1n) is 5.99. The summed E-state index contributed by atoms with van der Waals surface area (Å²) in [7, 11) is 1.70. The summed E-state index contributed by atoms with van der Waals surface area (Å²) in [5, 5.41) is 2.09. The Morgan fingerprint density at radius 3 is 2.39 bits per heavy atom. The quantitative estimate of drug-likeness (QED) is 0.913. The summed E-state index contributed by atoms with van der Waals surface area (Å²) in [5.41, 5.74) is 11.1. The number of hydrogen-bond acceptors (Lipinski definition) is 3. The molecule has 1 unspecified atom stereocenters. The molecule has 1 heterocycles. The molecular formula is C15H19NOS. The SMILES string of the molecule is COc1cc(C)c(C(N)c2sccc2C)cc1C. The van der Waals surface area contributed by atoms with Crippen LogP contribution in [-0.4, -0.2) is 7.11 Å². The van der Waals surface area contributed by atoms with Crippen LogP contribution in [0.15, 0.2) is 23.6 Å². The third-order valence-electron chi connectivity index (χ3n) is 3.30. The molecule has 96 valence electrons. The molecule has 3 heteroatoms. The molecule has 0 saturated carbocycles. The van der Waals surface area contributed by atoms with Crippen molar-refractivity contribution >= 4 is 11.3 Å². The van der Waals surface area contributed by atoms with E-state index in [9.17, 15) is 0 Å². The summed E-state index contributed by atoms with van der Waals surface area (Å²) >= 11 is 1.72. The van der Waals surface area contributed by atoms with Gasteiger partial charge in [-0.15, -0.1) is 11.3 Å². The lowest BCUT2D eigenvalue weighted by Crippen LogP contribution is -2.13. The number of benzene rings is 1. The first-order chi connectivity index (χ1) is 8.54. The van der Waals surface area contributed by atoms with Gasteiger partial charge in [-0.2, -0.15) is 0 Å². The molecule has 1 atom stereocenters. The van der Waals surface area contributed by atoms with Gasteiger partial charge < -0.3 is 10.5 Å². The summed E-state index contributed by atoms with van der Waals surface area (Å²) in [6, 6.07) is 6.27. The molecule has 2 nitrogen and oxygen atoms in total. The number of ether oxygens (including phenoxy) is 1. The van der Waals surface area contributed by atoms with E-state index >= 15 is 0 Å². The molecule has 18 heavy (non-hydrogen) atoms. The zero-order valence-electron chi connectivity index (χ0n) is 11.3. The van der Waals surface area contributed by atoms with Crippen molar-refractivity contribution in [1.29, 1.82) is 0 Å². The maximum absolute atomic E-state index is 6.39. The molecule has 1 aromatic heterocycles. The molecule has 0 fully saturated rings. The van der Waals surface area contributed by atoms with Crippen LogP contribution < -0.4 is 10.5 Å². The number of nitrogens with two attached hydrogens (primary N) is 1. The van der Waals surface area contributed by atoms with Gasteiger partial charge >= 0.3 is 0 Å². The molecule has 0 aliphatic rings. The second-order valence-corrected chi connectivity index (χ2v) is 5.57. The number of aryl methyl sites for hydroxylation is 3. The van der Waals surface area contributed by atoms with Crippen LogP contribution in [0, 0.1) is 20.8 Å². The first kappa shape index (κ1) is 13.1. The molecule has 0 saturated heterocycles. The predicted molar refractivity (Wildman–Crippen MR) is 77.6 cm³/mol. The predicted octanol–water partition coefficient (Wildman–Crippen LogP) is 3.73. The minimum Gasteiger partial charge on any atom is -0.496 e. The average molecular weight is 261 g/mol. The molecule has 0 aliphatic carbocycles. The van der Waals surface area contributed by atoms with E-state index in [1.807, 2.05) is 0 Å². The molecule has 2 aromatic rings. The number of rotatable bonds is 3. The van der Waals surface area contributed by atoms with Crippen molar-refractivity contribution in [3.8, 4) is 5.75 Å². The van der Waals surface area contributed by atoms with Crippen LogP contribution in [0.4, 0.5) is 0 Å². The lowest BCUT2D eigenvalue weighted by molar-refractivity contribution is 0.411. The molecule has 0 spiro atoms. The number of hydrogen-bond donors (Lipinski definition) is 1.